The number of phenols is 1. The highest BCUT2D eigenvalue weighted by molar-refractivity contribution is 5.86. The first-order valence-corrected chi connectivity index (χ1v) is 9.19. The number of hydrogen-bond donors (Lipinski definition) is 2. The van der Waals surface area contributed by atoms with Crippen molar-refractivity contribution in [2.45, 2.75) is 19.0 Å². The molecule has 2 N–H and O–H groups in total. The molecule has 2 aromatic rings. The minimum atomic E-state index is -4.68. The molecule has 0 spiro atoms. The number of alkyl halides is 3. The van der Waals surface area contributed by atoms with Crippen LogP contribution in [0.1, 0.15) is 24.0 Å². The molecule has 0 amide bonds. The Morgan fingerprint density at radius 3 is 2.47 bits per heavy atom. The van der Waals surface area contributed by atoms with Gasteiger partial charge >= 0.3 is 6.18 Å². The summed E-state index contributed by atoms with van der Waals surface area (Å²) in [6.07, 6.45) is -2.43. The summed E-state index contributed by atoms with van der Waals surface area (Å²) in [5.74, 6) is -0.360. The van der Waals surface area contributed by atoms with Crippen LogP contribution in [0.2, 0.25) is 0 Å². The zero-order chi connectivity index (χ0) is 23.9. The number of aliphatic imine (C=N–C) groups is 1. The van der Waals surface area contributed by atoms with Gasteiger partial charge in [0.2, 0.25) is 0 Å². The molecule has 172 valence electrons. The summed E-state index contributed by atoms with van der Waals surface area (Å²) in [6, 6.07) is 4.48. The Bertz CT molecular complexity index is 1030. The van der Waals surface area contributed by atoms with Crippen molar-refractivity contribution >= 4 is 23.3 Å². The van der Waals surface area contributed by atoms with E-state index in [1.807, 2.05) is 0 Å². The van der Waals surface area contributed by atoms with Crippen molar-refractivity contribution < 1.29 is 32.9 Å². The lowest BCUT2D eigenvalue weighted by Gasteiger charge is -2.10. The summed E-state index contributed by atoms with van der Waals surface area (Å²) in [6.45, 7) is 0.527. The first-order valence-electron chi connectivity index (χ1n) is 9.19. The summed E-state index contributed by atoms with van der Waals surface area (Å²) in [5.41, 5.74) is -1.98. The van der Waals surface area contributed by atoms with Gasteiger partial charge in [-0.05, 0) is 25.0 Å². The van der Waals surface area contributed by atoms with Crippen LogP contribution in [0.25, 0.3) is 0 Å². The summed E-state index contributed by atoms with van der Waals surface area (Å²) in [7, 11) is 1.26. The molecule has 0 aliphatic rings. The van der Waals surface area contributed by atoms with E-state index in [4.69, 9.17) is 4.74 Å². The predicted octanol–water partition coefficient (Wildman–Crippen LogP) is 4.55. The molecule has 0 atom stereocenters. The number of aromatic hydroxyl groups is 1. The normalized spacial score (nSPS) is 11.5. The van der Waals surface area contributed by atoms with Crippen LogP contribution >= 0.6 is 0 Å². The number of benzene rings is 2. The molecule has 0 heterocycles. The summed E-state index contributed by atoms with van der Waals surface area (Å²) in [4.78, 5) is 24.6. The number of hydrogen-bond acceptors (Lipinski definition) is 8. The maximum absolute atomic E-state index is 12.7. The van der Waals surface area contributed by atoms with Crippen molar-refractivity contribution in [1.82, 2.24) is 0 Å². The second-order valence-corrected chi connectivity index (χ2v) is 6.50. The van der Waals surface area contributed by atoms with Crippen LogP contribution in [0.5, 0.6) is 11.5 Å². The molecule has 0 fully saturated rings. The predicted molar refractivity (Wildman–Crippen MR) is 110 cm³/mol. The van der Waals surface area contributed by atoms with Crippen LogP contribution in [0, 0.1) is 20.2 Å². The van der Waals surface area contributed by atoms with Crippen LogP contribution in [-0.4, -0.2) is 41.4 Å². The van der Waals surface area contributed by atoms with E-state index in [2.05, 4.69) is 10.3 Å². The molecule has 2 aromatic carbocycles. The molecule has 0 bridgehead atoms. The third-order valence-electron chi connectivity index (χ3n) is 4.30. The van der Waals surface area contributed by atoms with Gasteiger partial charge in [-0.15, -0.1) is 0 Å². The number of rotatable bonds is 10. The largest absolute Gasteiger partial charge is 0.504 e. The number of nitro benzene ring substituents is 2. The number of methoxy groups -OCH3 is 1. The van der Waals surface area contributed by atoms with Crippen molar-refractivity contribution in [3.63, 3.8) is 0 Å². The first kappa shape index (κ1) is 24.4. The van der Waals surface area contributed by atoms with Gasteiger partial charge in [-0.3, -0.25) is 25.2 Å². The Kier molecular flexibility index (Phi) is 7.93. The number of anilines is 1. The maximum Gasteiger partial charge on any atom is 0.416 e. The van der Waals surface area contributed by atoms with Gasteiger partial charge in [0.1, 0.15) is 5.69 Å². The van der Waals surface area contributed by atoms with Gasteiger partial charge < -0.3 is 15.2 Å². The Hall–Kier alpha value is -3.90. The fourth-order valence-electron chi connectivity index (χ4n) is 2.70. The molecule has 0 radical (unpaired) electrons. The molecule has 0 saturated carbocycles. The topological polar surface area (TPSA) is 140 Å². The number of nitrogens with zero attached hydrogens (tertiary/aromatic N) is 3. The Balaban J connectivity index is 1.92. The van der Waals surface area contributed by atoms with Gasteiger partial charge in [0.05, 0.1) is 28.6 Å². The second kappa shape index (κ2) is 10.4. The van der Waals surface area contributed by atoms with E-state index in [0.29, 0.717) is 18.9 Å². The highest BCUT2D eigenvalue weighted by atomic mass is 19.4. The lowest BCUT2D eigenvalue weighted by Crippen LogP contribution is -2.09. The Morgan fingerprint density at radius 1 is 1.16 bits per heavy atom. The van der Waals surface area contributed by atoms with E-state index in [-0.39, 0.29) is 41.5 Å². The molecule has 0 aromatic heterocycles. The highest BCUT2D eigenvalue weighted by Crippen LogP contribution is 2.35. The number of unbranched alkanes of at least 4 members (excludes halogenated alkanes) is 1. The lowest BCUT2D eigenvalue weighted by atomic mass is 10.1. The molecule has 0 aliphatic heterocycles. The van der Waals surface area contributed by atoms with E-state index < -0.39 is 27.3 Å². The standard InChI is InChI=1S/C19H19F3N4O6/c1-32-17-10-14(25(28)29)8-12(18(17)27)11-23-6-2-3-7-24-15-5-4-13(19(20,21)22)9-16(15)26(30)31/h4-5,8-11,24,27H,2-3,6-7H2,1H3. The zero-order valence-electron chi connectivity index (χ0n) is 16.8. The van der Waals surface area contributed by atoms with Crippen molar-refractivity contribution in [2.75, 3.05) is 25.5 Å². The molecule has 0 unspecified atom stereocenters. The van der Waals surface area contributed by atoms with E-state index in [1.54, 1.807) is 0 Å². The average Bonchev–Trinajstić information content (AvgIpc) is 2.73. The minimum Gasteiger partial charge on any atom is -0.504 e. The molecular weight excluding hydrogens is 437 g/mol. The van der Waals surface area contributed by atoms with Crippen molar-refractivity contribution in [3.05, 3.63) is 61.7 Å². The van der Waals surface area contributed by atoms with Crippen LogP contribution < -0.4 is 10.1 Å². The molecule has 10 nitrogen and oxygen atoms in total. The zero-order valence-corrected chi connectivity index (χ0v) is 16.8. The quantitative estimate of drug-likeness (QED) is 0.231. The summed E-state index contributed by atoms with van der Waals surface area (Å²) < 4.78 is 43.1. The average molecular weight is 456 g/mol. The molecule has 2 rings (SSSR count). The summed E-state index contributed by atoms with van der Waals surface area (Å²) in [5, 5.41) is 34.8. The monoisotopic (exact) mass is 456 g/mol. The van der Waals surface area contributed by atoms with Crippen molar-refractivity contribution in [1.29, 1.82) is 0 Å². The van der Waals surface area contributed by atoms with Crippen LogP contribution in [0.3, 0.4) is 0 Å². The first-order chi connectivity index (χ1) is 15.0. The lowest BCUT2D eigenvalue weighted by molar-refractivity contribution is -0.385. The summed E-state index contributed by atoms with van der Waals surface area (Å²) >= 11 is 0. The highest BCUT2D eigenvalue weighted by Gasteiger charge is 2.33. The van der Waals surface area contributed by atoms with Gasteiger partial charge in [-0.25, -0.2) is 0 Å². The fraction of sp³-hybridized carbons (Fsp3) is 0.316. The number of nitro groups is 2. The molecule has 0 aliphatic carbocycles. The molecule has 32 heavy (non-hydrogen) atoms. The number of non-ortho nitro benzene ring substituents is 1. The van der Waals surface area contributed by atoms with E-state index in [1.165, 1.54) is 13.3 Å². The van der Waals surface area contributed by atoms with Crippen LogP contribution in [0.15, 0.2) is 35.3 Å². The minimum absolute atomic E-state index is 0.0277. The van der Waals surface area contributed by atoms with Gasteiger partial charge in [-0.1, -0.05) is 0 Å². The number of phenolic OH excluding ortho intramolecular Hbond substituents is 1. The molecule has 0 saturated heterocycles. The molecular formula is C19H19F3N4O6. The smallest absolute Gasteiger partial charge is 0.416 e. The fourth-order valence-corrected chi connectivity index (χ4v) is 2.70. The van der Waals surface area contributed by atoms with E-state index in [0.717, 1.165) is 24.3 Å². The van der Waals surface area contributed by atoms with E-state index in [9.17, 15) is 38.5 Å². The third-order valence-corrected chi connectivity index (χ3v) is 4.30. The van der Waals surface area contributed by atoms with Crippen molar-refractivity contribution in [2.24, 2.45) is 4.99 Å². The SMILES string of the molecule is COc1cc([N+](=O)[O-])cc(C=NCCCCNc2ccc(C(F)(F)F)cc2[N+](=O)[O-])c1O. The van der Waals surface area contributed by atoms with Crippen LogP contribution in [0.4, 0.5) is 30.2 Å². The van der Waals surface area contributed by atoms with Gasteiger partial charge in [0.25, 0.3) is 11.4 Å². The van der Waals surface area contributed by atoms with Gasteiger partial charge in [-0.2, -0.15) is 13.2 Å². The number of ether oxygens (including phenoxy) is 1. The van der Waals surface area contributed by atoms with Gasteiger partial charge in [0, 0.05) is 37.0 Å². The number of nitrogens with one attached hydrogen (secondary N) is 1. The van der Waals surface area contributed by atoms with Gasteiger partial charge in [0.15, 0.2) is 11.5 Å². The number of halogens is 3. The Morgan fingerprint density at radius 2 is 1.88 bits per heavy atom. The third kappa shape index (κ3) is 6.30. The van der Waals surface area contributed by atoms with Crippen LogP contribution in [-0.2, 0) is 6.18 Å². The van der Waals surface area contributed by atoms with E-state index >= 15 is 0 Å². The maximum atomic E-state index is 12.7. The second-order valence-electron chi connectivity index (χ2n) is 6.50. The Labute approximate surface area is 179 Å². The van der Waals surface area contributed by atoms with Crippen molar-refractivity contribution in [3.8, 4) is 11.5 Å². The molecule has 13 heteroatoms.